The lowest BCUT2D eigenvalue weighted by atomic mass is 9.99. The van der Waals surface area contributed by atoms with E-state index in [0.717, 1.165) is 0 Å². The zero-order chi connectivity index (χ0) is 30.7. The lowest BCUT2D eigenvalue weighted by molar-refractivity contribution is 0.0387. The maximum atomic E-state index is 13.7. The molecular formula is C30H34N4O8S. The van der Waals surface area contributed by atoms with Crippen molar-refractivity contribution >= 4 is 33.3 Å². The van der Waals surface area contributed by atoms with Gasteiger partial charge in [0, 0.05) is 37.0 Å². The third-order valence-corrected chi connectivity index (χ3v) is 9.28. The van der Waals surface area contributed by atoms with Crippen LogP contribution in [-0.4, -0.2) is 80.4 Å². The first kappa shape index (κ1) is 30.1. The molecule has 3 aromatic rings. The highest BCUT2D eigenvalue weighted by Crippen LogP contribution is 2.35. The largest absolute Gasteiger partial charge is 0.488 e. The second kappa shape index (κ2) is 12.5. The Morgan fingerprint density at radius 2 is 1.67 bits per heavy atom. The van der Waals surface area contributed by atoms with Crippen LogP contribution in [-0.2, 0) is 10.0 Å². The molecule has 0 saturated heterocycles. The van der Waals surface area contributed by atoms with Crippen molar-refractivity contribution in [3.05, 3.63) is 72.3 Å². The number of carbonyl (C=O) groups is 2. The maximum absolute atomic E-state index is 13.7. The summed E-state index contributed by atoms with van der Waals surface area (Å²) in [6.45, 7) is 3.68. The zero-order valence-electron chi connectivity index (χ0n) is 24.0. The number of hydrogen-bond acceptors (Lipinski definition) is 8. The molecule has 13 heteroatoms. The first-order chi connectivity index (χ1) is 20.6. The van der Waals surface area contributed by atoms with Crippen molar-refractivity contribution < 1.29 is 37.3 Å². The Hall–Kier alpha value is -4.33. The standard InChI is InChI=1S/C30H34N4O8S/c1-19-15-34(20(2)17-35)29(36)24-13-21(31-30(37)32-22-10-12-26-27(14-22)41-18-40-26)9-11-25(24)42-28(19)16-33(3)43(38,39)23-7-5-4-6-8-23/h4-14,19-20,28,35H,15-18H2,1-3H3,(H2,31,32,37)/t19-,20+,28+/m0/s1. The van der Waals surface area contributed by atoms with Crippen LogP contribution in [0.1, 0.15) is 24.2 Å². The molecule has 3 N–H and O–H groups in total. The molecule has 0 bridgehead atoms. The normalized spacial score (nSPS) is 18.7. The molecule has 0 spiro atoms. The minimum Gasteiger partial charge on any atom is -0.488 e. The van der Waals surface area contributed by atoms with Crippen LogP contribution in [0.25, 0.3) is 0 Å². The number of rotatable bonds is 8. The van der Waals surface area contributed by atoms with Gasteiger partial charge in [0.05, 0.1) is 29.7 Å². The topological polar surface area (TPSA) is 147 Å². The van der Waals surface area contributed by atoms with Crippen LogP contribution in [0.2, 0.25) is 0 Å². The van der Waals surface area contributed by atoms with Gasteiger partial charge in [-0.05, 0) is 49.4 Å². The molecule has 5 rings (SSSR count). The molecule has 228 valence electrons. The lowest BCUT2D eigenvalue weighted by Crippen LogP contribution is -2.50. The predicted molar refractivity (Wildman–Crippen MR) is 159 cm³/mol. The summed E-state index contributed by atoms with van der Waals surface area (Å²) in [7, 11) is -2.30. The highest BCUT2D eigenvalue weighted by molar-refractivity contribution is 7.89. The van der Waals surface area contributed by atoms with Crippen molar-refractivity contribution in [3.63, 3.8) is 0 Å². The number of nitrogens with zero attached hydrogens (tertiary/aromatic N) is 2. The van der Waals surface area contributed by atoms with Crippen LogP contribution in [0, 0.1) is 5.92 Å². The third kappa shape index (κ3) is 6.53. The van der Waals surface area contributed by atoms with E-state index in [9.17, 15) is 23.1 Å². The SMILES string of the molecule is C[C@H](CO)N1C[C@H](C)[C@@H](CN(C)S(=O)(=O)c2ccccc2)Oc2ccc(NC(=O)Nc3ccc4c(c3)OCO4)cc2C1=O. The number of anilines is 2. The van der Waals surface area contributed by atoms with Crippen molar-refractivity contribution in [2.24, 2.45) is 5.92 Å². The molecule has 2 aliphatic heterocycles. The summed E-state index contributed by atoms with van der Waals surface area (Å²) in [6, 6.07) is 16.8. The molecule has 3 atom stereocenters. The number of urea groups is 1. The number of benzene rings is 3. The maximum Gasteiger partial charge on any atom is 0.323 e. The van der Waals surface area contributed by atoms with Crippen LogP contribution in [0.15, 0.2) is 71.6 Å². The molecule has 0 aliphatic carbocycles. The fourth-order valence-electron chi connectivity index (χ4n) is 4.91. The fraction of sp³-hybridized carbons (Fsp3) is 0.333. The number of likely N-dealkylation sites (N-methyl/N-ethyl adjacent to an activating group) is 1. The number of fused-ring (bicyclic) bond motifs is 2. The van der Waals surface area contributed by atoms with Crippen LogP contribution in [0.3, 0.4) is 0 Å². The van der Waals surface area contributed by atoms with Crippen molar-refractivity contribution in [1.82, 2.24) is 9.21 Å². The summed E-state index contributed by atoms with van der Waals surface area (Å²) < 4.78 is 44.7. The molecular weight excluding hydrogens is 576 g/mol. The van der Waals surface area contributed by atoms with E-state index in [2.05, 4.69) is 10.6 Å². The van der Waals surface area contributed by atoms with Crippen molar-refractivity contribution in [2.45, 2.75) is 30.9 Å². The highest BCUT2D eigenvalue weighted by Gasteiger charge is 2.35. The van der Waals surface area contributed by atoms with Gasteiger partial charge in [-0.25, -0.2) is 13.2 Å². The summed E-state index contributed by atoms with van der Waals surface area (Å²) in [5, 5.41) is 15.4. The molecule has 0 saturated carbocycles. The van der Waals surface area contributed by atoms with Crippen LogP contribution >= 0.6 is 0 Å². The highest BCUT2D eigenvalue weighted by atomic mass is 32.2. The number of amides is 3. The molecule has 43 heavy (non-hydrogen) atoms. The van der Waals surface area contributed by atoms with E-state index < -0.39 is 28.2 Å². The molecule has 3 aromatic carbocycles. The van der Waals surface area contributed by atoms with Gasteiger partial charge in [-0.3, -0.25) is 4.79 Å². The molecule has 12 nitrogen and oxygen atoms in total. The Labute approximate surface area is 250 Å². The fourth-order valence-corrected chi connectivity index (χ4v) is 6.11. The smallest absolute Gasteiger partial charge is 0.323 e. The van der Waals surface area contributed by atoms with Gasteiger partial charge in [-0.2, -0.15) is 4.31 Å². The van der Waals surface area contributed by atoms with Crippen molar-refractivity contribution in [3.8, 4) is 17.2 Å². The average molecular weight is 611 g/mol. The van der Waals surface area contributed by atoms with E-state index in [-0.39, 0.29) is 54.5 Å². The van der Waals surface area contributed by atoms with Gasteiger partial charge in [0.2, 0.25) is 16.8 Å². The Bertz CT molecular complexity index is 1600. The minimum absolute atomic E-state index is 0.0192. The van der Waals surface area contributed by atoms with Gasteiger partial charge < -0.3 is 34.9 Å². The molecule has 2 aliphatic rings. The van der Waals surface area contributed by atoms with Gasteiger partial charge in [0.25, 0.3) is 5.91 Å². The Balaban J connectivity index is 1.38. The van der Waals surface area contributed by atoms with Gasteiger partial charge >= 0.3 is 6.03 Å². The number of hydrogen-bond donors (Lipinski definition) is 3. The van der Waals surface area contributed by atoms with E-state index in [4.69, 9.17) is 14.2 Å². The third-order valence-electron chi connectivity index (χ3n) is 7.44. The first-order valence-electron chi connectivity index (χ1n) is 13.8. The van der Waals surface area contributed by atoms with E-state index in [0.29, 0.717) is 22.9 Å². The molecule has 3 amide bonds. The van der Waals surface area contributed by atoms with E-state index >= 15 is 0 Å². The van der Waals surface area contributed by atoms with Gasteiger partial charge in [0.15, 0.2) is 11.5 Å². The number of nitrogens with one attached hydrogen (secondary N) is 2. The van der Waals surface area contributed by atoms with Gasteiger partial charge in [-0.15, -0.1) is 0 Å². The Kier molecular flexibility index (Phi) is 8.76. The van der Waals surface area contributed by atoms with E-state index in [1.165, 1.54) is 29.6 Å². The average Bonchev–Trinajstić information content (AvgIpc) is 3.47. The van der Waals surface area contributed by atoms with E-state index in [1.54, 1.807) is 60.4 Å². The molecule has 2 heterocycles. The Morgan fingerprint density at radius 3 is 2.37 bits per heavy atom. The summed E-state index contributed by atoms with van der Waals surface area (Å²) in [5.41, 5.74) is 0.993. The number of sulfonamides is 1. The number of aliphatic hydroxyl groups excluding tert-OH is 1. The summed E-state index contributed by atoms with van der Waals surface area (Å²) in [6.07, 6.45) is -0.628. The number of aliphatic hydroxyl groups is 1. The molecule has 0 fully saturated rings. The van der Waals surface area contributed by atoms with Crippen molar-refractivity contribution in [2.75, 3.05) is 44.2 Å². The number of carbonyl (C=O) groups excluding carboxylic acids is 2. The first-order valence-corrected chi connectivity index (χ1v) is 15.2. The zero-order valence-corrected chi connectivity index (χ0v) is 24.8. The van der Waals surface area contributed by atoms with Gasteiger partial charge in [0.1, 0.15) is 11.9 Å². The summed E-state index contributed by atoms with van der Waals surface area (Å²) >= 11 is 0. The monoisotopic (exact) mass is 610 g/mol. The molecule has 0 radical (unpaired) electrons. The summed E-state index contributed by atoms with van der Waals surface area (Å²) in [4.78, 5) is 28.2. The molecule has 0 aromatic heterocycles. The second-order valence-electron chi connectivity index (χ2n) is 10.6. The second-order valence-corrected chi connectivity index (χ2v) is 12.6. The predicted octanol–water partition coefficient (Wildman–Crippen LogP) is 3.60. The van der Waals surface area contributed by atoms with Gasteiger partial charge in [-0.1, -0.05) is 25.1 Å². The van der Waals surface area contributed by atoms with Crippen molar-refractivity contribution in [1.29, 1.82) is 0 Å². The van der Waals surface area contributed by atoms with Crippen LogP contribution in [0.4, 0.5) is 16.2 Å². The van der Waals surface area contributed by atoms with Crippen LogP contribution < -0.4 is 24.8 Å². The number of ether oxygens (including phenoxy) is 3. The van der Waals surface area contributed by atoms with Crippen LogP contribution in [0.5, 0.6) is 17.2 Å². The van der Waals surface area contributed by atoms with E-state index in [1.807, 2.05) is 6.92 Å². The summed E-state index contributed by atoms with van der Waals surface area (Å²) in [5.74, 6) is 0.677. The molecule has 0 unspecified atom stereocenters. The minimum atomic E-state index is -3.79. The Morgan fingerprint density at radius 1 is 1.02 bits per heavy atom. The lowest BCUT2D eigenvalue weighted by Gasteiger charge is -2.38. The quantitative estimate of drug-likeness (QED) is 0.351.